The van der Waals surface area contributed by atoms with Gasteiger partial charge in [-0.05, 0) is 30.7 Å². The van der Waals surface area contributed by atoms with Crippen LogP contribution in [0.5, 0.6) is 5.88 Å². The number of hydrogen-bond acceptors (Lipinski definition) is 7. The van der Waals surface area contributed by atoms with E-state index in [4.69, 9.17) is 16.3 Å². The molecule has 10 nitrogen and oxygen atoms in total. The third kappa shape index (κ3) is 5.01. The van der Waals surface area contributed by atoms with Gasteiger partial charge >= 0.3 is 0 Å². The number of methoxy groups -OCH3 is 1. The fourth-order valence-electron chi connectivity index (χ4n) is 3.76. The van der Waals surface area contributed by atoms with E-state index in [2.05, 4.69) is 32.3 Å². The van der Waals surface area contributed by atoms with Gasteiger partial charge in [0.05, 0.1) is 19.5 Å². The van der Waals surface area contributed by atoms with Crippen LogP contribution in [0.4, 0.5) is 11.6 Å². The molecule has 1 aromatic carbocycles. The molecule has 176 valence electrons. The molecule has 2 amide bonds. The lowest BCUT2D eigenvalue weighted by Crippen LogP contribution is -2.32. The Bertz CT molecular complexity index is 1240. The normalized spacial score (nSPS) is 15.1. The predicted molar refractivity (Wildman–Crippen MR) is 129 cm³/mol. The first-order valence-electron chi connectivity index (χ1n) is 10.6. The SMILES string of the molecule is C=CC(=O)Nc1ccc(C(=O)N2CC[C@@H](Nc3ncc(Cl)c(OC)n3)C2)cc1-c1cnn(C)c1. The maximum Gasteiger partial charge on any atom is 0.253 e. The number of rotatable bonds is 7. The van der Waals surface area contributed by atoms with Gasteiger partial charge in [0.15, 0.2) is 0 Å². The number of nitrogens with one attached hydrogen (secondary N) is 2. The Morgan fingerprint density at radius 1 is 1.32 bits per heavy atom. The Kier molecular flexibility index (Phi) is 6.78. The van der Waals surface area contributed by atoms with Gasteiger partial charge in [-0.25, -0.2) is 4.98 Å². The quantitative estimate of drug-likeness (QED) is 0.498. The first kappa shape index (κ1) is 23.2. The number of aromatic nitrogens is 4. The monoisotopic (exact) mass is 481 g/mol. The molecule has 0 aliphatic carbocycles. The van der Waals surface area contributed by atoms with Crippen LogP contribution in [0.3, 0.4) is 0 Å². The Hall–Kier alpha value is -3.92. The highest BCUT2D eigenvalue weighted by Gasteiger charge is 2.28. The summed E-state index contributed by atoms with van der Waals surface area (Å²) in [6, 6.07) is 5.18. The molecule has 11 heteroatoms. The molecule has 0 saturated carbocycles. The average Bonchev–Trinajstić information content (AvgIpc) is 3.49. The van der Waals surface area contributed by atoms with Crippen molar-refractivity contribution < 1.29 is 14.3 Å². The van der Waals surface area contributed by atoms with Crippen LogP contribution in [0.2, 0.25) is 5.02 Å². The van der Waals surface area contributed by atoms with Crippen molar-refractivity contribution in [2.45, 2.75) is 12.5 Å². The second-order valence-electron chi connectivity index (χ2n) is 7.79. The summed E-state index contributed by atoms with van der Waals surface area (Å²) in [6.45, 7) is 4.57. The van der Waals surface area contributed by atoms with E-state index in [1.807, 2.05) is 6.20 Å². The lowest BCUT2D eigenvalue weighted by Gasteiger charge is -2.18. The van der Waals surface area contributed by atoms with Gasteiger partial charge < -0.3 is 20.3 Å². The van der Waals surface area contributed by atoms with Crippen LogP contribution >= 0.6 is 11.6 Å². The van der Waals surface area contributed by atoms with Gasteiger partial charge in [0.1, 0.15) is 5.02 Å². The summed E-state index contributed by atoms with van der Waals surface area (Å²) in [5, 5.41) is 10.6. The molecule has 1 aliphatic rings. The van der Waals surface area contributed by atoms with Crippen LogP contribution < -0.4 is 15.4 Å². The van der Waals surface area contributed by atoms with E-state index >= 15 is 0 Å². The van der Waals surface area contributed by atoms with Gasteiger partial charge in [0, 0.05) is 54.8 Å². The van der Waals surface area contributed by atoms with Crippen LogP contribution in [0.25, 0.3) is 11.1 Å². The Labute approximate surface area is 201 Å². The van der Waals surface area contributed by atoms with Crippen LogP contribution in [0, 0.1) is 0 Å². The summed E-state index contributed by atoms with van der Waals surface area (Å²) in [7, 11) is 3.29. The summed E-state index contributed by atoms with van der Waals surface area (Å²) in [5.41, 5.74) is 2.57. The third-order valence-electron chi connectivity index (χ3n) is 5.44. The van der Waals surface area contributed by atoms with Crippen LogP contribution in [-0.4, -0.2) is 62.7 Å². The first-order chi connectivity index (χ1) is 16.4. The van der Waals surface area contributed by atoms with Gasteiger partial charge in [-0.2, -0.15) is 10.1 Å². The van der Waals surface area contributed by atoms with Crippen molar-refractivity contribution in [2.24, 2.45) is 7.05 Å². The highest BCUT2D eigenvalue weighted by Crippen LogP contribution is 2.30. The summed E-state index contributed by atoms with van der Waals surface area (Å²) in [6.07, 6.45) is 6.92. The van der Waals surface area contributed by atoms with Crippen molar-refractivity contribution in [3.63, 3.8) is 0 Å². The summed E-state index contributed by atoms with van der Waals surface area (Å²) in [5.74, 6) is 0.239. The molecule has 2 N–H and O–H groups in total. The molecule has 2 aromatic heterocycles. The molecule has 3 aromatic rings. The number of benzene rings is 1. The number of amides is 2. The fourth-order valence-corrected chi connectivity index (χ4v) is 3.93. The minimum absolute atomic E-state index is 0.0150. The molecule has 1 saturated heterocycles. The van der Waals surface area contributed by atoms with Crippen LogP contribution in [-0.2, 0) is 11.8 Å². The number of carbonyl (C=O) groups is 2. The zero-order valence-electron chi connectivity index (χ0n) is 18.8. The van der Waals surface area contributed by atoms with Crippen LogP contribution in [0.15, 0.2) is 49.4 Å². The summed E-state index contributed by atoms with van der Waals surface area (Å²) in [4.78, 5) is 35.4. The van der Waals surface area contributed by atoms with Crippen molar-refractivity contribution in [3.05, 3.63) is 60.0 Å². The Morgan fingerprint density at radius 2 is 2.15 bits per heavy atom. The number of halogens is 1. The van der Waals surface area contributed by atoms with Gasteiger partial charge in [-0.15, -0.1) is 0 Å². The van der Waals surface area contributed by atoms with Gasteiger partial charge in [-0.1, -0.05) is 18.2 Å². The molecular weight excluding hydrogens is 458 g/mol. The highest BCUT2D eigenvalue weighted by atomic mass is 35.5. The van der Waals surface area contributed by atoms with Crippen molar-refractivity contribution >= 4 is 35.1 Å². The predicted octanol–water partition coefficient (Wildman–Crippen LogP) is 2.99. The Morgan fingerprint density at radius 3 is 2.85 bits per heavy atom. The maximum absolute atomic E-state index is 13.3. The van der Waals surface area contributed by atoms with Crippen molar-refractivity contribution in [2.75, 3.05) is 30.8 Å². The molecular formula is C23H24ClN7O3. The van der Waals surface area contributed by atoms with Gasteiger partial charge in [-0.3, -0.25) is 14.3 Å². The molecule has 1 aliphatic heterocycles. The second-order valence-corrected chi connectivity index (χ2v) is 8.20. The minimum Gasteiger partial charge on any atom is -0.480 e. The average molecular weight is 482 g/mol. The van der Waals surface area contributed by atoms with E-state index < -0.39 is 0 Å². The zero-order valence-corrected chi connectivity index (χ0v) is 19.5. The third-order valence-corrected chi connectivity index (χ3v) is 5.70. The zero-order chi connectivity index (χ0) is 24.2. The fraction of sp³-hybridized carbons (Fsp3) is 0.261. The number of ether oxygens (including phenoxy) is 1. The number of carbonyl (C=O) groups excluding carboxylic acids is 2. The van der Waals surface area contributed by atoms with E-state index in [-0.39, 0.29) is 23.7 Å². The summed E-state index contributed by atoms with van der Waals surface area (Å²) < 4.78 is 6.79. The molecule has 1 fully saturated rings. The van der Waals surface area contributed by atoms with E-state index in [1.165, 1.54) is 19.4 Å². The van der Waals surface area contributed by atoms with Gasteiger partial charge in [0.25, 0.3) is 5.91 Å². The highest BCUT2D eigenvalue weighted by molar-refractivity contribution is 6.31. The van der Waals surface area contributed by atoms with Crippen molar-refractivity contribution in [1.82, 2.24) is 24.6 Å². The standard InChI is InChI=1S/C23H24ClN7O3/c1-4-20(32)28-19-6-5-14(9-17(19)15-10-26-30(2)12-15)22(33)31-8-7-16(13-31)27-23-25-11-18(24)21(29-23)34-3/h4-6,9-12,16H,1,7-8,13H2,2-3H3,(H,28,32)(H,25,27,29)/t16-/m1/s1. The molecule has 34 heavy (non-hydrogen) atoms. The number of aryl methyl sites for hydroxylation is 1. The molecule has 1 atom stereocenters. The largest absolute Gasteiger partial charge is 0.480 e. The number of hydrogen-bond donors (Lipinski definition) is 2. The lowest BCUT2D eigenvalue weighted by atomic mass is 10.0. The minimum atomic E-state index is -0.335. The smallest absolute Gasteiger partial charge is 0.253 e. The molecule has 0 spiro atoms. The topological polar surface area (TPSA) is 114 Å². The summed E-state index contributed by atoms with van der Waals surface area (Å²) >= 11 is 5.99. The first-order valence-corrected chi connectivity index (χ1v) is 10.9. The molecule has 0 bridgehead atoms. The molecule has 3 heterocycles. The van der Waals surface area contributed by atoms with Crippen LogP contribution in [0.1, 0.15) is 16.8 Å². The van der Waals surface area contributed by atoms with E-state index in [1.54, 1.807) is 41.0 Å². The maximum atomic E-state index is 13.3. The number of nitrogens with zero attached hydrogens (tertiary/aromatic N) is 5. The second kappa shape index (κ2) is 9.92. The van der Waals surface area contributed by atoms with E-state index in [9.17, 15) is 9.59 Å². The van der Waals surface area contributed by atoms with E-state index in [0.29, 0.717) is 40.9 Å². The molecule has 0 radical (unpaired) electrons. The molecule has 4 rings (SSSR count). The lowest BCUT2D eigenvalue weighted by molar-refractivity contribution is -0.111. The van der Waals surface area contributed by atoms with E-state index in [0.717, 1.165) is 12.0 Å². The van der Waals surface area contributed by atoms with Gasteiger partial charge in [0.2, 0.25) is 17.7 Å². The number of likely N-dealkylation sites (tertiary alicyclic amines) is 1. The Balaban J connectivity index is 1.51. The number of anilines is 2. The van der Waals surface area contributed by atoms with Crippen molar-refractivity contribution in [1.29, 1.82) is 0 Å². The van der Waals surface area contributed by atoms with Crippen molar-refractivity contribution in [3.8, 4) is 17.0 Å². The molecule has 0 unspecified atom stereocenters.